The van der Waals surface area contributed by atoms with Gasteiger partial charge in [-0.05, 0) is 49.4 Å². The van der Waals surface area contributed by atoms with Crippen LogP contribution < -0.4 is 10.6 Å². The van der Waals surface area contributed by atoms with Gasteiger partial charge in [0.2, 0.25) is 10.0 Å². The minimum atomic E-state index is -3.70. The number of rotatable bonds is 6. The number of carbonyl (C=O) groups is 2. The first kappa shape index (κ1) is 20.5. The summed E-state index contributed by atoms with van der Waals surface area (Å²) in [7, 11) is -3.70. The van der Waals surface area contributed by atoms with Gasteiger partial charge >= 0.3 is 0 Å². The number of nitrogens with zero attached hydrogens (tertiary/aromatic N) is 1. The first-order valence-corrected chi connectivity index (χ1v) is 11.5. The molecule has 0 atom stereocenters. The molecule has 2 aromatic rings. The number of sulfonamides is 1. The lowest BCUT2D eigenvalue weighted by Crippen LogP contribution is -2.36. The van der Waals surface area contributed by atoms with Crippen LogP contribution in [0.15, 0.2) is 40.6 Å². The minimum Gasteiger partial charge on any atom is -0.352 e. The number of amides is 2. The predicted octanol–water partition coefficient (Wildman–Crippen LogP) is 2.92. The van der Waals surface area contributed by atoms with E-state index < -0.39 is 15.9 Å². The Balaban J connectivity index is 1.81. The fourth-order valence-corrected chi connectivity index (χ4v) is 5.91. The van der Waals surface area contributed by atoms with Crippen molar-refractivity contribution in [2.75, 3.05) is 25.0 Å². The minimum absolute atomic E-state index is 0.0387. The van der Waals surface area contributed by atoms with E-state index in [0.29, 0.717) is 30.9 Å². The third-order valence-corrected chi connectivity index (χ3v) is 7.47. The van der Waals surface area contributed by atoms with Crippen molar-refractivity contribution in [3.05, 3.63) is 46.2 Å². The lowest BCUT2D eigenvalue weighted by molar-refractivity contribution is 0.0954. The molecule has 3 rings (SSSR count). The third-order valence-electron chi connectivity index (χ3n) is 4.49. The molecule has 0 aliphatic carbocycles. The molecule has 0 radical (unpaired) electrons. The molecule has 1 fully saturated rings. The number of piperidine rings is 1. The molecule has 0 bridgehead atoms. The Morgan fingerprint density at radius 1 is 1.11 bits per heavy atom. The van der Waals surface area contributed by atoms with E-state index in [2.05, 4.69) is 10.6 Å². The molecule has 28 heavy (non-hydrogen) atoms. The van der Waals surface area contributed by atoms with Crippen molar-refractivity contribution in [3.8, 4) is 0 Å². The molecular formula is C19H23N3O4S2. The van der Waals surface area contributed by atoms with Gasteiger partial charge < -0.3 is 10.6 Å². The van der Waals surface area contributed by atoms with Gasteiger partial charge in [0.1, 0.15) is 9.77 Å². The maximum Gasteiger partial charge on any atom is 0.267 e. The number of hydrogen-bond donors (Lipinski definition) is 2. The first-order valence-electron chi connectivity index (χ1n) is 9.20. The Morgan fingerprint density at radius 2 is 1.86 bits per heavy atom. The van der Waals surface area contributed by atoms with E-state index in [1.54, 1.807) is 29.6 Å². The fourth-order valence-electron chi connectivity index (χ4n) is 3.10. The highest BCUT2D eigenvalue weighted by Crippen LogP contribution is 2.28. The average molecular weight is 422 g/mol. The van der Waals surface area contributed by atoms with Crippen molar-refractivity contribution in [3.63, 3.8) is 0 Å². The summed E-state index contributed by atoms with van der Waals surface area (Å²) in [5, 5.41) is 7.01. The van der Waals surface area contributed by atoms with Crippen LogP contribution in [-0.2, 0) is 10.0 Å². The SMILES string of the molecule is CCNC(=O)c1cccc(NC(=O)c2sccc2S(=O)(=O)N2CCCCC2)c1. The van der Waals surface area contributed by atoms with Crippen LogP contribution in [0.2, 0.25) is 0 Å². The molecule has 1 aromatic heterocycles. The van der Waals surface area contributed by atoms with Crippen LogP contribution in [-0.4, -0.2) is 44.2 Å². The van der Waals surface area contributed by atoms with Gasteiger partial charge in [0.25, 0.3) is 11.8 Å². The zero-order chi connectivity index (χ0) is 20.1. The van der Waals surface area contributed by atoms with Gasteiger partial charge in [0, 0.05) is 30.9 Å². The van der Waals surface area contributed by atoms with Crippen LogP contribution in [0, 0.1) is 0 Å². The van der Waals surface area contributed by atoms with Crippen molar-refractivity contribution >= 4 is 38.9 Å². The topological polar surface area (TPSA) is 95.6 Å². The van der Waals surface area contributed by atoms with Gasteiger partial charge in [0.15, 0.2) is 0 Å². The summed E-state index contributed by atoms with van der Waals surface area (Å²) in [4.78, 5) is 24.9. The molecule has 2 amide bonds. The van der Waals surface area contributed by atoms with E-state index in [0.717, 1.165) is 30.6 Å². The molecule has 9 heteroatoms. The molecule has 0 spiro atoms. The molecule has 1 aromatic carbocycles. The lowest BCUT2D eigenvalue weighted by atomic mass is 10.2. The number of anilines is 1. The molecular weight excluding hydrogens is 398 g/mol. The van der Waals surface area contributed by atoms with E-state index in [9.17, 15) is 18.0 Å². The Kier molecular flexibility index (Phi) is 6.48. The molecule has 7 nitrogen and oxygen atoms in total. The van der Waals surface area contributed by atoms with Crippen LogP contribution >= 0.6 is 11.3 Å². The number of carbonyl (C=O) groups excluding carboxylic acids is 2. The van der Waals surface area contributed by atoms with Gasteiger partial charge in [-0.15, -0.1) is 11.3 Å². The lowest BCUT2D eigenvalue weighted by Gasteiger charge is -2.25. The zero-order valence-corrected chi connectivity index (χ0v) is 17.2. The van der Waals surface area contributed by atoms with Crippen LogP contribution in [0.5, 0.6) is 0 Å². The van der Waals surface area contributed by atoms with E-state index in [-0.39, 0.29) is 15.7 Å². The fraction of sp³-hybridized carbons (Fsp3) is 0.368. The molecule has 1 saturated heterocycles. The Labute approximate surface area is 168 Å². The largest absolute Gasteiger partial charge is 0.352 e. The van der Waals surface area contributed by atoms with E-state index in [4.69, 9.17) is 0 Å². The molecule has 0 unspecified atom stereocenters. The van der Waals surface area contributed by atoms with Gasteiger partial charge in [-0.2, -0.15) is 4.31 Å². The Hall–Kier alpha value is -2.23. The standard InChI is InChI=1S/C19H23N3O4S2/c1-2-20-18(23)14-7-6-8-15(13-14)21-19(24)17-16(9-12-27-17)28(25,26)22-10-4-3-5-11-22/h6-9,12-13H,2-5,10-11H2,1H3,(H,20,23)(H,21,24). The highest BCUT2D eigenvalue weighted by Gasteiger charge is 2.31. The summed E-state index contributed by atoms with van der Waals surface area (Å²) < 4.78 is 27.3. The van der Waals surface area contributed by atoms with Crippen LogP contribution in [0.3, 0.4) is 0 Å². The summed E-state index contributed by atoms with van der Waals surface area (Å²) in [6.07, 6.45) is 2.68. The molecule has 2 N–H and O–H groups in total. The van der Waals surface area contributed by atoms with Gasteiger partial charge in [-0.3, -0.25) is 9.59 Å². The smallest absolute Gasteiger partial charge is 0.267 e. The van der Waals surface area contributed by atoms with Crippen molar-refractivity contribution < 1.29 is 18.0 Å². The summed E-state index contributed by atoms with van der Waals surface area (Å²) in [5.41, 5.74) is 0.857. The van der Waals surface area contributed by atoms with Gasteiger partial charge in [-0.1, -0.05) is 12.5 Å². The van der Waals surface area contributed by atoms with E-state index in [1.165, 1.54) is 10.4 Å². The van der Waals surface area contributed by atoms with E-state index in [1.807, 2.05) is 6.92 Å². The second-order valence-electron chi connectivity index (χ2n) is 6.47. The summed E-state index contributed by atoms with van der Waals surface area (Å²) in [5.74, 6) is -0.735. The molecule has 1 aliphatic rings. The first-order chi connectivity index (χ1) is 13.4. The maximum atomic E-state index is 12.9. The quantitative estimate of drug-likeness (QED) is 0.750. The highest BCUT2D eigenvalue weighted by molar-refractivity contribution is 7.89. The number of hydrogen-bond acceptors (Lipinski definition) is 5. The van der Waals surface area contributed by atoms with Gasteiger partial charge in [0.05, 0.1) is 0 Å². The van der Waals surface area contributed by atoms with Crippen LogP contribution in [0.4, 0.5) is 5.69 Å². The van der Waals surface area contributed by atoms with E-state index >= 15 is 0 Å². The van der Waals surface area contributed by atoms with Crippen LogP contribution in [0.1, 0.15) is 46.2 Å². The molecule has 0 saturated carbocycles. The normalized spacial score (nSPS) is 15.2. The zero-order valence-electron chi connectivity index (χ0n) is 15.6. The average Bonchev–Trinajstić information content (AvgIpc) is 3.20. The predicted molar refractivity (Wildman–Crippen MR) is 109 cm³/mol. The van der Waals surface area contributed by atoms with Crippen molar-refractivity contribution in [1.82, 2.24) is 9.62 Å². The summed E-state index contributed by atoms with van der Waals surface area (Å²) >= 11 is 1.09. The van der Waals surface area contributed by atoms with Crippen molar-refractivity contribution in [2.45, 2.75) is 31.1 Å². The number of nitrogens with one attached hydrogen (secondary N) is 2. The monoisotopic (exact) mass is 421 g/mol. The Morgan fingerprint density at radius 3 is 2.57 bits per heavy atom. The molecule has 2 heterocycles. The summed E-state index contributed by atoms with van der Waals surface area (Å²) in [6, 6.07) is 8.02. The number of benzene rings is 1. The third kappa shape index (κ3) is 4.43. The highest BCUT2D eigenvalue weighted by atomic mass is 32.2. The van der Waals surface area contributed by atoms with Crippen molar-refractivity contribution in [1.29, 1.82) is 0 Å². The summed E-state index contributed by atoms with van der Waals surface area (Å²) in [6.45, 7) is 3.29. The molecule has 150 valence electrons. The van der Waals surface area contributed by atoms with Crippen LogP contribution in [0.25, 0.3) is 0 Å². The van der Waals surface area contributed by atoms with Gasteiger partial charge in [-0.25, -0.2) is 8.42 Å². The van der Waals surface area contributed by atoms with Crippen molar-refractivity contribution in [2.24, 2.45) is 0 Å². The second-order valence-corrected chi connectivity index (χ2v) is 9.30. The second kappa shape index (κ2) is 8.85. The maximum absolute atomic E-state index is 12.9. The molecule has 1 aliphatic heterocycles. The Bertz CT molecular complexity index is 963. The number of thiophene rings is 1.